The van der Waals surface area contributed by atoms with Crippen molar-refractivity contribution >= 4 is 0 Å². The smallest absolute Gasteiger partial charge is 0.101 e. The fourth-order valence-electron chi connectivity index (χ4n) is 1.51. The van der Waals surface area contributed by atoms with Crippen LogP contribution in [0.3, 0.4) is 0 Å². The number of hydrogen-bond acceptors (Lipinski definition) is 4. The second-order valence-electron chi connectivity index (χ2n) is 3.56. The van der Waals surface area contributed by atoms with E-state index in [0.717, 1.165) is 32.8 Å². The summed E-state index contributed by atoms with van der Waals surface area (Å²) >= 11 is 0. The van der Waals surface area contributed by atoms with Crippen molar-refractivity contribution in [3.05, 3.63) is 0 Å². The van der Waals surface area contributed by atoms with E-state index < -0.39 is 0 Å². The van der Waals surface area contributed by atoms with E-state index >= 15 is 0 Å². The maximum Gasteiger partial charge on any atom is 0.101 e. The maximum atomic E-state index is 8.88. The Balaban J connectivity index is 2.19. The molecule has 0 spiro atoms. The molecule has 5 heteroatoms. The average Bonchev–Trinajstić information content (AvgIpc) is 2.22. The van der Waals surface area contributed by atoms with Gasteiger partial charge in [-0.25, -0.2) is 0 Å². The Kier molecular flexibility index (Phi) is 7.77. The van der Waals surface area contributed by atoms with Crippen LogP contribution in [-0.2, 0) is 14.2 Å². The minimum atomic E-state index is 0.221. The molecule has 0 aromatic carbocycles. The lowest BCUT2D eigenvalue weighted by molar-refractivity contribution is -0.901. The quantitative estimate of drug-likeness (QED) is 0.561. The van der Waals surface area contributed by atoms with Crippen LogP contribution in [0.2, 0.25) is 0 Å². The molecular weight excluding hydrogens is 198 g/mol. The molecule has 5 nitrogen and oxygen atoms in total. The topological polar surface area (TPSA) is 52.4 Å². The first-order valence-electron chi connectivity index (χ1n) is 5.61. The predicted octanol–water partition coefficient (Wildman–Crippen LogP) is -2.07. The van der Waals surface area contributed by atoms with Gasteiger partial charge < -0.3 is 24.2 Å². The average molecular weight is 220 g/mol. The van der Waals surface area contributed by atoms with Crippen LogP contribution in [0.4, 0.5) is 0 Å². The summed E-state index contributed by atoms with van der Waals surface area (Å²) in [5.41, 5.74) is 0. The number of nitrogens with one attached hydrogen (secondary N) is 1. The van der Waals surface area contributed by atoms with Gasteiger partial charge in [-0.05, 0) is 0 Å². The van der Waals surface area contributed by atoms with Gasteiger partial charge in [0.05, 0.1) is 46.2 Å². The SMILES string of the molecule is OCC[NH+]1CCOCCOCCOCC1. The van der Waals surface area contributed by atoms with E-state index in [1.165, 1.54) is 4.90 Å². The molecule has 15 heavy (non-hydrogen) atoms. The van der Waals surface area contributed by atoms with Crippen LogP contribution in [0.25, 0.3) is 0 Å². The lowest BCUT2D eigenvalue weighted by Gasteiger charge is -2.19. The third-order valence-electron chi connectivity index (χ3n) is 2.41. The lowest BCUT2D eigenvalue weighted by atomic mass is 10.4. The number of rotatable bonds is 2. The van der Waals surface area contributed by atoms with Crippen molar-refractivity contribution in [2.24, 2.45) is 0 Å². The van der Waals surface area contributed by atoms with Gasteiger partial charge in [0.15, 0.2) is 0 Å². The minimum absolute atomic E-state index is 0.221. The Hall–Kier alpha value is -0.200. The van der Waals surface area contributed by atoms with E-state index in [0.29, 0.717) is 26.4 Å². The zero-order chi connectivity index (χ0) is 10.8. The van der Waals surface area contributed by atoms with Gasteiger partial charge in [0.1, 0.15) is 19.6 Å². The van der Waals surface area contributed by atoms with Crippen LogP contribution >= 0.6 is 0 Å². The van der Waals surface area contributed by atoms with Crippen LogP contribution < -0.4 is 4.90 Å². The molecule has 0 saturated carbocycles. The molecule has 1 heterocycles. The highest BCUT2D eigenvalue weighted by molar-refractivity contribution is 4.38. The Labute approximate surface area is 90.9 Å². The monoisotopic (exact) mass is 220 g/mol. The standard InChI is InChI=1S/C10H21NO4/c12-4-1-11-2-5-13-7-9-15-10-8-14-6-3-11/h12H,1-10H2/p+1. The van der Waals surface area contributed by atoms with Gasteiger partial charge in [-0.2, -0.15) is 0 Å². The summed E-state index contributed by atoms with van der Waals surface area (Å²) in [6.07, 6.45) is 0. The van der Waals surface area contributed by atoms with E-state index in [1.807, 2.05) is 0 Å². The summed E-state index contributed by atoms with van der Waals surface area (Å²) in [7, 11) is 0. The second kappa shape index (κ2) is 9.06. The molecular formula is C10H22NO4+. The Morgan fingerprint density at radius 3 is 1.73 bits per heavy atom. The fraction of sp³-hybridized carbons (Fsp3) is 1.00. The van der Waals surface area contributed by atoms with Gasteiger partial charge in [-0.3, -0.25) is 0 Å². The van der Waals surface area contributed by atoms with Crippen molar-refractivity contribution in [3.8, 4) is 0 Å². The molecule has 90 valence electrons. The summed E-state index contributed by atoms with van der Waals surface area (Å²) in [6, 6.07) is 0. The van der Waals surface area contributed by atoms with Crippen LogP contribution in [-0.4, -0.2) is 71.0 Å². The van der Waals surface area contributed by atoms with Crippen molar-refractivity contribution < 1.29 is 24.2 Å². The van der Waals surface area contributed by atoms with Crippen LogP contribution in [0.1, 0.15) is 0 Å². The van der Waals surface area contributed by atoms with E-state index in [2.05, 4.69) is 0 Å². The Morgan fingerprint density at radius 2 is 1.27 bits per heavy atom. The molecule has 0 aromatic rings. The van der Waals surface area contributed by atoms with E-state index in [9.17, 15) is 0 Å². The molecule has 1 aliphatic rings. The van der Waals surface area contributed by atoms with Crippen molar-refractivity contribution in [1.29, 1.82) is 0 Å². The summed E-state index contributed by atoms with van der Waals surface area (Å²) in [4.78, 5) is 1.33. The van der Waals surface area contributed by atoms with Gasteiger partial charge in [0.2, 0.25) is 0 Å². The molecule has 1 fully saturated rings. The van der Waals surface area contributed by atoms with E-state index in [1.54, 1.807) is 0 Å². The predicted molar refractivity (Wildman–Crippen MR) is 55.1 cm³/mol. The lowest BCUT2D eigenvalue weighted by Crippen LogP contribution is -3.13. The molecule has 0 bridgehead atoms. The van der Waals surface area contributed by atoms with E-state index in [4.69, 9.17) is 19.3 Å². The Morgan fingerprint density at radius 1 is 0.800 bits per heavy atom. The number of aliphatic hydroxyl groups excluding tert-OH is 1. The molecule has 1 aliphatic heterocycles. The highest BCUT2D eigenvalue weighted by atomic mass is 16.5. The zero-order valence-corrected chi connectivity index (χ0v) is 9.24. The van der Waals surface area contributed by atoms with Gasteiger partial charge in [0.25, 0.3) is 0 Å². The van der Waals surface area contributed by atoms with Crippen molar-refractivity contribution in [1.82, 2.24) is 0 Å². The third kappa shape index (κ3) is 6.81. The molecule has 0 aromatic heterocycles. The van der Waals surface area contributed by atoms with Gasteiger partial charge in [-0.15, -0.1) is 0 Å². The summed E-state index contributed by atoms with van der Waals surface area (Å²) in [6.45, 7) is 6.84. The highest BCUT2D eigenvalue weighted by Crippen LogP contribution is 1.81. The van der Waals surface area contributed by atoms with Gasteiger partial charge in [0, 0.05) is 0 Å². The van der Waals surface area contributed by atoms with Crippen LogP contribution in [0.15, 0.2) is 0 Å². The summed E-state index contributed by atoms with van der Waals surface area (Å²) in [5.74, 6) is 0. The van der Waals surface area contributed by atoms with E-state index in [-0.39, 0.29) is 6.61 Å². The first-order chi connectivity index (χ1) is 7.43. The Bertz CT molecular complexity index is 133. The minimum Gasteiger partial charge on any atom is -0.391 e. The van der Waals surface area contributed by atoms with Crippen molar-refractivity contribution in [2.75, 3.05) is 65.9 Å². The van der Waals surface area contributed by atoms with Crippen molar-refractivity contribution in [3.63, 3.8) is 0 Å². The first-order valence-corrected chi connectivity index (χ1v) is 5.61. The first kappa shape index (κ1) is 12.9. The number of quaternary nitrogens is 1. The van der Waals surface area contributed by atoms with Crippen molar-refractivity contribution in [2.45, 2.75) is 0 Å². The summed E-state index contributed by atoms with van der Waals surface area (Å²) < 4.78 is 16.1. The fourth-order valence-corrected chi connectivity index (χ4v) is 1.51. The van der Waals surface area contributed by atoms with Gasteiger partial charge >= 0.3 is 0 Å². The highest BCUT2D eigenvalue weighted by Gasteiger charge is 2.08. The molecule has 1 saturated heterocycles. The molecule has 2 N–H and O–H groups in total. The largest absolute Gasteiger partial charge is 0.391 e. The summed E-state index contributed by atoms with van der Waals surface area (Å²) in [5, 5.41) is 8.88. The second-order valence-corrected chi connectivity index (χ2v) is 3.56. The third-order valence-corrected chi connectivity index (χ3v) is 2.41. The molecule has 0 atom stereocenters. The number of hydrogen-bond donors (Lipinski definition) is 2. The molecule has 0 aliphatic carbocycles. The molecule has 0 radical (unpaired) electrons. The van der Waals surface area contributed by atoms with Crippen LogP contribution in [0.5, 0.6) is 0 Å². The number of ether oxygens (including phenoxy) is 3. The molecule has 1 rings (SSSR count). The zero-order valence-electron chi connectivity index (χ0n) is 9.24. The molecule has 0 amide bonds. The number of aliphatic hydroxyl groups is 1. The normalized spacial score (nSPS) is 23.0. The van der Waals surface area contributed by atoms with Crippen LogP contribution in [0, 0.1) is 0 Å². The maximum absolute atomic E-state index is 8.88. The van der Waals surface area contributed by atoms with Gasteiger partial charge in [-0.1, -0.05) is 0 Å². The molecule has 0 unspecified atom stereocenters.